The molecular formula is C13H19F2NO4. The summed E-state index contributed by atoms with van der Waals surface area (Å²) in [5, 5.41) is 1.90. The normalized spacial score (nSPS) is 14.1. The number of alkyl halides is 2. The first kappa shape index (κ1) is 18.2. The van der Waals surface area contributed by atoms with Gasteiger partial charge in [0.15, 0.2) is 0 Å². The lowest BCUT2D eigenvalue weighted by Crippen LogP contribution is -2.66. The molecule has 0 bridgehead atoms. The van der Waals surface area contributed by atoms with E-state index in [0.29, 0.717) is 0 Å². The van der Waals surface area contributed by atoms with Crippen LogP contribution in [0.3, 0.4) is 0 Å². The quantitative estimate of drug-likeness (QED) is 0.545. The molecule has 1 amide bonds. The first-order chi connectivity index (χ1) is 9.13. The number of rotatable bonds is 8. The largest absolute Gasteiger partial charge is 0.464 e. The average molecular weight is 291 g/mol. The van der Waals surface area contributed by atoms with Gasteiger partial charge >= 0.3 is 5.97 Å². The summed E-state index contributed by atoms with van der Waals surface area (Å²) in [6.07, 6.45) is -0.818. The molecule has 1 N–H and O–H groups in total. The van der Waals surface area contributed by atoms with Gasteiger partial charge < -0.3 is 10.1 Å². The second-order valence-corrected chi connectivity index (χ2v) is 4.38. The Morgan fingerprint density at radius 1 is 1.30 bits per heavy atom. The lowest BCUT2D eigenvalue weighted by atomic mass is 9.84. The number of nitrogens with one attached hydrogen (secondary N) is 1. The van der Waals surface area contributed by atoms with Crippen molar-refractivity contribution in [1.82, 2.24) is 5.32 Å². The predicted molar refractivity (Wildman–Crippen MR) is 68.2 cm³/mol. The molecule has 0 spiro atoms. The van der Waals surface area contributed by atoms with Crippen molar-refractivity contribution in [1.29, 1.82) is 0 Å². The van der Waals surface area contributed by atoms with Crippen molar-refractivity contribution in [2.24, 2.45) is 0 Å². The third kappa shape index (κ3) is 4.11. The molecule has 0 fully saturated rings. The van der Waals surface area contributed by atoms with Crippen LogP contribution in [0.2, 0.25) is 0 Å². The van der Waals surface area contributed by atoms with E-state index in [2.05, 4.69) is 11.3 Å². The highest BCUT2D eigenvalue weighted by molar-refractivity contribution is 5.93. The Labute approximate surface area is 116 Å². The topological polar surface area (TPSA) is 72.5 Å². The fourth-order valence-corrected chi connectivity index (χ4v) is 1.82. The van der Waals surface area contributed by atoms with Gasteiger partial charge in [0.25, 0.3) is 5.92 Å². The molecule has 0 aromatic rings. The molecule has 0 heterocycles. The minimum atomic E-state index is -3.70. The first-order valence-corrected chi connectivity index (χ1v) is 6.07. The number of hydrogen-bond acceptors (Lipinski definition) is 4. The molecule has 0 aliphatic carbocycles. The zero-order valence-corrected chi connectivity index (χ0v) is 11.8. The van der Waals surface area contributed by atoms with E-state index in [0.717, 1.165) is 19.9 Å². The Morgan fingerprint density at radius 3 is 2.20 bits per heavy atom. The van der Waals surface area contributed by atoms with Crippen LogP contribution in [0.1, 0.15) is 33.6 Å². The highest BCUT2D eigenvalue weighted by Crippen LogP contribution is 2.36. The van der Waals surface area contributed by atoms with E-state index in [-0.39, 0.29) is 6.61 Å². The molecule has 1 atom stereocenters. The zero-order valence-electron chi connectivity index (χ0n) is 11.8. The van der Waals surface area contributed by atoms with Gasteiger partial charge in [-0.1, -0.05) is 6.08 Å². The van der Waals surface area contributed by atoms with Gasteiger partial charge in [-0.3, -0.25) is 9.59 Å². The van der Waals surface area contributed by atoms with Gasteiger partial charge in [-0.05, 0) is 13.8 Å². The molecule has 114 valence electrons. The maximum atomic E-state index is 14.3. The smallest absolute Gasteiger partial charge is 0.338 e. The molecule has 7 heteroatoms. The third-order valence-electron chi connectivity index (χ3n) is 2.55. The Balaban J connectivity index is 5.88. The number of carbonyl (C=O) groups excluding carboxylic acids is 3. The van der Waals surface area contributed by atoms with Crippen molar-refractivity contribution < 1.29 is 27.9 Å². The van der Waals surface area contributed by atoms with Crippen LogP contribution >= 0.6 is 0 Å². The van der Waals surface area contributed by atoms with Crippen LogP contribution in [0.25, 0.3) is 0 Å². The van der Waals surface area contributed by atoms with Gasteiger partial charge in [0, 0.05) is 19.8 Å². The Kier molecular flexibility index (Phi) is 6.48. The summed E-state index contributed by atoms with van der Waals surface area (Å²) in [4.78, 5) is 34.4. The predicted octanol–water partition coefficient (Wildman–Crippen LogP) is 1.61. The molecule has 0 rings (SSSR count). The number of hydrogen-bond donors (Lipinski definition) is 1. The van der Waals surface area contributed by atoms with Gasteiger partial charge in [-0.15, -0.1) is 6.58 Å². The summed E-state index contributed by atoms with van der Waals surface area (Å²) in [7, 11) is 0. The molecule has 20 heavy (non-hydrogen) atoms. The van der Waals surface area contributed by atoms with Crippen molar-refractivity contribution in [3.63, 3.8) is 0 Å². The van der Waals surface area contributed by atoms with E-state index in [1.807, 2.05) is 5.32 Å². The van der Waals surface area contributed by atoms with Gasteiger partial charge in [0.1, 0.15) is 5.78 Å². The Morgan fingerprint density at radius 2 is 1.85 bits per heavy atom. The monoisotopic (exact) mass is 291 g/mol. The van der Waals surface area contributed by atoms with Crippen LogP contribution in [0.15, 0.2) is 12.7 Å². The van der Waals surface area contributed by atoms with Crippen molar-refractivity contribution in [3.8, 4) is 0 Å². The lowest BCUT2D eigenvalue weighted by Gasteiger charge is -2.37. The third-order valence-corrected chi connectivity index (χ3v) is 2.55. The second-order valence-electron chi connectivity index (χ2n) is 4.38. The molecule has 0 saturated heterocycles. The van der Waals surface area contributed by atoms with E-state index >= 15 is 0 Å². The highest BCUT2D eigenvalue weighted by Gasteiger charge is 2.60. The van der Waals surface area contributed by atoms with Crippen LogP contribution in [0.4, 0.5) is 8.78 Å². The lowest BCUT2D eigenvalue weighted by molar-refractivity contribution is -0.176. The number of amides is 1. The van der Waals surface area contributed by atoms with Crippen LogP contribution in [-0.4, -0.2) is 35.7 Å². The van der Waals surface area contributed by atoms with E-state index < -0.39 is 42.0 Å². The summed E-state index contributed by atoms with van der Waals surface area (Å²) in [5.74, 6) is -6.56. The Hall–Kier alpha value is -1.79. The minimum Gasteiger partial charge on any atom is -0.464 e. The van der Waals surface area contributed by atoms with E-state index in [4.69, 9.17) is 0 Å². The molecule has 1 unspecified atom stereocenters. The zero-order chi connectivity index (χ0) is 16.0. The van der Waals surface area contributed by atoms with Crippen molar-refractivity contribution in [2.75, 3.05) is 6.61 Å². The van der Waals surface area contributed by atoms with Gasteiger partial charge in [0.2, 0.25) is 11.4 Å². The van der Waals surface area contributed by atoms with Crippen LogP contribution in [0.5, 0.6) is 0 Å². The summed E-state index contributed by atoms with van der Waals surface area (Å²) in [6.45, 7) is 6.52. The van der Waals surface area contributed by atoms with E-state index in [1.54, 1.807) is 0 Å². The molecule has 0 aliphatic rings. The number of esters is 1. The minimum absolute atomic E-state index is 0.151. The van der Waals surface area contributed by atoms with Crippen LogP contribution < -0.4 is 5.32 Å². The average Bonchev–Trinajstić information content (AvgIpc) is 2.26. The summed E-state index contributed by atoms with van der Waals surface area (Å²) in [6, 6.07) is 0. The fourth-order valence-electron chi connectivity index (χ4n) is 1.82. The van der Waals surface area contributed by atoms with Crippen molar-refractivity contribution >= 4 is 17.7 Å². The molecule has 5 nitrogen and oxygen atoms in total. The number of carbonyl (C=O) groups is 3. The van der Waals surface area contributed by atoms with Gasteiger partial charge in [0.05, 0.1) is 6.61 Å². The maximum absolute atomic E-state index is 14.3. The highest BCUT2D eigenvalue weighted by atomic mass is 19.3. The summed E-state index contributed by atoms with van der Waals surface area (Å²) < 4.78 is 33.2. The standard InChI is InChI=1S/C13H19F2NO4/c1-5-7-13(14,15)12(8-9(3)17,16-10(4)18)11(19)20-6-2/h5H,1,6-8H2,2-4H3,(H,16,18). The fraction of sp³-hybridized carbons (Fsp3) is 0.615. The number of halogens is 2. The van der Waals surface area contributed by atoms with Gasteiger partial charge in [-0.25, -0.2) is 13.6 Å². The summed E-state index contributed by atoms with van der Waals surface area (Å²) >= 11 is 0. The number of ketones is 1. The first-order valence-electron chi connectivity index (χ1n) is 6.07. The van der Waals surface area contributed by atoms with Crippen LogP contribution in [-0.2, 0) is 19.1 Å². The van der Waals surface area contributed by atoms with E-state index in [1.165, 1.54) is 6.92 Å². The molecule has 0 aromatic heterocycles. The summed E-state index contributed by atoms with van der Waals surface area (Å²) in [5.41, 5.74) is -2.71. The molecular weight excluding hydrogens is 272 g/mol. The SMILES string of the molecule is C=CCC(F)(F)C(CC(C)=O)(NC(C)=O)C(=O)OCC. The van der Waals surface area contributed by atoms with Crippen molar-refractivity contribution in [3.05, 3.63) is 12.7 Å². The second kappa shape index (κ2) is 7.12. The number of allylic oxidation sites excluding steroid dienone is 1. The molecule has 0 aliphatic heterocycles. The molecule has 0 aromatic carbocycles. The molecule has 0 radical (unpaired) electrons. The van der Waals surface area contributed by atoms with Crippen molar-refractivity contribution in [2.45, 2.75) is 45.1 Å². The Bertz CT molecular complexity index is 391. The maximum Gasteiger partial charge on any atom is 0.338 e. The molecule has 0 saturated carbocycles. The number of Topliss-reactive ketones (excluding diaryl/α,β-unsaturated/α-hetero) is 1. The number of ether oxygens (including phenoxy) is 1. The van der Waals surface area contributed by atoms with Gasteiger partial charge in [-0.2, -0.15) is 0 Å². The van der Waals surface area contributed by atoms with Crippen LogP contribution in [0, 0.1) is 0 Å². The van der Waals surface area contributed by atoms with E-state index in [9.17, 15) is 23.2 Å².